The molecule has 0 atom stereocenters. The molecule has 1 amide bonds. The Hall–Kier alpha value is -1.82. The summed E-state index contributed by atoms with van der Waals surface area (Å²) in [5.41, 5.74) is 1.21. The SMILES string of the molecule is Cc1nnc(SCC(=O)NC2C3CC4CC(C3)CC2C4)n1Cc1ccccc1. The second-order valence-corrected chi connectivity index (χ2v) is 9.86. The Morgan fingerprint density at radius 2 is 1.75 bits per heavy atom. The zero-order valence-electron chi connectivity index (χ0n) is 16.4. The van der Waals surface area contributed by atoms with Gasteiger partial charge in [-0.15, -0.1) is 10.2 Å². The van der Waals surface area contributed by atoms with Crippen LogP contribution in [-0.4, -0.2) is 32.5 Å². The molecule has 0 saturated heterocycles. The molecule has 4 aliphatic rings. The summed E-state index contributed by atoms with van der Waals surface area (Å²) in [4.78, 5) is 12.7. The van der Waals surface area contributed by atoms with Gasteiger partial charge in [-0.25, -0.2) is 0 Å². The largest absolute Gasteiger partial charge is 0.352 e. The number of thioether (sulfide) groups is 1. The molecule has 1 aromatic carbocycles. The van der Waals surface area contributed by atoms with Gasteiger partial charge in [0.2, 0.25) is 5.91 Å². The van der Waals surface area contributed by atoms with E-state index in [0.717, 1.165) is 29.4 Å². The van der Waals surface area contributed by atoms with Crippen LogP contribution in [0.1, 0.15) is 43.5 Å². The maximum absolute atomic E-state index is 12.7. The number of nitrogens with one attached hydrogen (secondary N) is 1. The third kappa shape index (κ3) is 3.59. The lowest BCUT2D eigenvalue weighted by Gasteiger charge is -2.54. The predicted octanol–water partition coefficient (Wildman–Crippen LogP) is 3.67. The Bertz CT molecular complexity index is 821. The number of aryl methyl sites for hydroxylation is 1. The summed E-state index contributed by atoms with van der Waals surface area (Å²) in [5, 5.41) is 12.7. The fraction of sp³-hybridized carbons (Fsp3) is 0.591. The third-order valence-corrected chi connectivity index (χ3v) is 7.94. The van der Waals surface area contributed by atoms with Gasteiger partial charge in [0.1, 0.15) is 5.82 Å². The van der Waals surface area contributed by atoms with E-state index in [1.54, 1.807) is 0 Å². The number of carbonyl (C=O) groups is 1. The van der Waals surface area contributed by atoms with Crippen molar-refractivity contribution in [3.63, 3.8) is 0 Å². The van der Waals surface area contributed by atoms with E-state index in [1.165, 1.54) is 49.4 Å². The molecule has 1 N–H and O–H groups in total. The van der Waals surface area contributed by atoms with Crippen LogP contribution in [0.5, 0.6) is 0 Å². The fourth-order valence-corrected chi connectivity index (χ4v) is 6.73. The lowest BCUT2D eigenvalue weighted by Crippen LogP contribution is -2.56. The normalized spacial score (nSPS) is 30.5. The standard InChI is InChI=1S/C22H28N4OS/c1-14-24-25-22(26(14)12-15-5-3-2-4-6-15)28-13-20(27)23-21-18-8-16-7-17(10-18)11-19(21)9-16/h2-6,16-19,21H,7-13H2,1H3,(H,23,27). The van der Waals surface area contributed by atoms with Crippen LogP contribution in [0.4, 0.5) is 0 Å². The Balaban J connectivity index is 1.19. The van der Waals surface area contributed by atoms with Crippen LogP contribution in [0.25, 0.3) is 0 Å². The molecule has 5 nitrogen and oxygen atoms in total. The Morgan fingerprint density at radius 1 is 1.07 bits per heavy atom. The highest BCUT2D eigenvalue weighted by Crippen LogP contribution is 2.53. The first-order chi connectivity index (χ1) is 13.7. The number of aromatic nitrogens is 3. The van der Waals surface area contributed by atoms with E-state index < -0.39 is 0 Å². The monoisotopic (exact) mass is 396 g/mol. The molecule has 0 spiro atoms. The van der Waals surface area contributed by atoms with Crippen molar-refractivity contribution in [1.29, 1.82) is 0 Å². The highest BCUT2D eigenvalue weighted by molar-refractivity contribution is 7.99. The van der Waals surface area contributed by atoms with Gasteiger partial charge in [0, 0.05) is 6.04 Å². The summed E-state index contributed by atoms with van der Waals surface area (Å²) < 4.78 is 2.09. The molecule has 148 valence electrons. The second kappa shape index (κ2) is 7.54. The molecule has 28 heavy (non-hydrogen) atoms. The van der Waals surface area contributed by atoms with Gasteiger partial charge in [0.05, 0.1) is 12.3 Å². The maximum Gasteiger partial charge on any atom is 0.230 e. The van der Waals surface area contributed by atoms with Gasteiger partial charge in [-0.05, 0) is 68.3 Å². The summed E-state index contributed by atoms with van der Waals surface area (Å²) in [6, 6.07) is 10.7. The Labute approximate surface area is 170 Å². The third-order valence-electron chi connectivity index (χ3n) is 6.97. The van der Waals surface area contributed by atoms with Crippen molar-refractivity contribution in [2.24, 2.45) is 23.7 Å². The van der Waals surface area contributed by atoms with Crippen molar-refractivity contribution in [3.8, 4) is 0 Å². The highest BCUT2D eigenvalue weighted by Gasteiger charge is 2.48. The van der Waals surface area contributed by atoms with Crippen molar-refractivity contribution in [2.45, 2.75) is 56.8 Å². The number of hydrogen-bond donors (Lipinski definition) is 1. The van der Waals surface area contributed by atoms with Gasteiger partial charge in [-0.1, -0.05) is 42.1 Å². The number of nitrogens with zero attached hydrogens (tertiary/aromatic N) is 3. The minimum atomic E-state index is 0.148. The minimum Gasteiger partial charge on any atom is -0.352 e. The second-order valence-electron chi connectivity index (χ2n) is 8.91. The summed E-state index contributed by atoms with van der Waals surface area (Å²) >= 11 is 1.50. The van der Waals surface area contributed by atoms with Crippen molar-refractivity contribution in [3.05, 3.63) is 41.7 Å². The molecular weight excluding hydrogens is 368 g/mol. The number of amides is 1. The van der Waals surface area contributed by atoms with Crippen LogP contribution < -0.4 is 5.32 Å². The Kier molecular flexibility index (Phi) is 4.91. The van der Waals surface area contributed by atoms with E-state index in [0.29, 0.717) is 23.6 Å². The first-order valence-corrected chi connectivity index (χ1v) is 11.5. The summed E-state index contributed by atoms with van der Waals surface area (Å²) in [6.07, 6.45) is 6.76. The van der Waals surface area contributed by atoms with Crippen molar-refractivity contribution >= 4 is 17.7 Å². The first-order valence-electron chi connectivity index (χ1n) is 10.5. The van der Waals surface area contributed by atoms with Crippen LogP contribution in [0.15, 0.2) is 35.5 Å². The minimum absolute atomic E-state index is 0.148. The van der Waals surface area contributed by atoms with Crippen LogP contribution >= 0.6 is 11.8 Å². The van der Waals surface area contributed by atoms with E-state index in [-0.39, 0.29) is 5.91 Å². The van der Waals surface area contributed by atoms with Crippen LogP contribution in [-0.2, 0) is 11.3 Å². The zero-order chi connectivity index (χ0) is 19.1. The molecule has 0 aliphatic heterocycles. The number of rotatable bonds is 6. The smallest absolute Gasteiger partial charge is 0.230 e. The molecule has 1 aromatic heterocycles. The molecule has 0 radical (unpaired) electrons. The summed E-state index contributed by atoms with van der Waals surface area (Å²) in [5.74, 6) is 4.75. The van der Waals surface area contributed by atoms with Crippen molar-refractivity contribution in [1.82, 2.24) is 20.1 Å². The number of benzene rings is 1. The molecule has 6 heteroatoms. The van der Waals surface area contributed by atoms with E-state index in [4.69, 9.17) is 0 Å². The van der Waals surface area contributed by atoms with E-state index in [1.807, 2.05) is 25.1 Å². The molecule has 1 heterocycles. The topological polar surface area (TPSA) is 59.8 Å². The molecule has 2 aromatic rings. The van der Waals surface area contributed by atoms with Crippen LogP contribution in [0.2, 0.25) is 0 Å². The van der Waals surface area contributed by atoms with Gasteiger partial charge in [0.15, 0.2) is 5.16 Å². The molecule has 4 aliphatic carbocycles. The average Bonchev–Trinajstić information content (AvgIpc) is 3.03. The van der Waals surface area contributed by atoms with Gasteiger partial charge in [-0.2, -0.15) is 0 Å². The van der Waals surface area contributed by atoms with Gasteiger partial charge >= 0.3 is 0 Å². The van der Waals surface area contributed by atoms with Gasteiger partial charge in [0.25, 0.3) is 0 Å². The summed E-state index contributed by atoms with van der Waals surface area (Å²) in [6.45, 7) is 2.70. The number of hydrogen-bond acceptors (Lipinski definition) is 4. The Morgan fingerprint density at radius 3 is 2.43 bits per heavy atom. The molecule has 4 bridgehead atoms. The predicted molar refractivity (Wildman–Crippen MR) is 110 cm³/mol. The molecule has 6 rings (SSSR count). The van der Waals surface area contributed by atoms with E-state index in [2.05, 4.69) is 32.2 Å². The fourth-order valence-electron chi connectivity index (χ4n) is 5.93. The van der Waals surface area contributed by atoms with E-state index >= 15 is 0 Å². The van der Waals surface area contributed by atoms with Crippen molar-refractivity contribution in [2.75, 3.05) is 5.75 Å². The van der Waals surface area contributed by atoms with Crippen molar-refractivity contribution < 1.29 is 4.79 Å². The maximum atomic E-state index is 12.7. The lowest BCUT2D eigenvalue weighted by molar-refractivity contribution is -0.122. The molecule has 0 unspecified atom stereocenters. The van der Waals surface area contributed by atoms with Gasteiger partial charge in [-0.3, -0.25) is 4.79 Å². The van der Waals surface area contributed by atoms with Crippen LogP contribution in [0.3, 0.4) is 0 Å². The number of carbonyl (C=O) groups excluding carboxylic acids is 1. The molecular formula is C22H28N4OS. The van der Waals surface area contributed by atoms with E-state index in [9.17, 15) is 4.79 Å². The summed E-state index contributed by atoms with van der Waals surface area (Å²) in [7, 11) is 0. The van der Waals surface area contributed by atoms with Gasteiger partial charge < -0.3 is 9.88 Å². The first kappa shape index (κ1) is 18.2. The quantitative estimate of drug-likeness (QED) is 0.757. The lowest BCUT2D eigenvalue weighted by atomic mass is 9.54. The molecule has 4 saturated carbocycles. The van der Waals surface area contributed by atoms with Crippen LogP contribution in [0, 0.1) is 30.6 Å². The average molecular weight is 397 g/mol. The zero-order valence-corrected chi connectivity index (χ0v) is 17.2. The highest BCUT2D eigenvalue weighted by atomic mass is 32.2. The molecule has 4 fully saturated rings.